The van der Waals surface area contributed by atoms with E-state index in [1.54, 1.807) is 24.3 Å². The summed E-state index contributed by atoms with van der Waals surface area (Å²) >= 11 is 0. The van der Waals surface area contributed by atoms with E-state index in [9.17, 15) is 23.2 Å². The Bertz CT molecular complexity index is 822. The van der Waals surface area contributed by atoms with Gasteiger partial charge in [-0.3, -0.25) is 14.4 Å². The maximum atomic E-state index is 13.0. The first-order chi connectivity index (χ1) is 12.3. The number of anilines is 1. The van der Waals surface area contributed by atoms with Crippen LogP contribution in [0, 0.1) is 11.6 Å². The zero-order chi connectivity index (χ0) is 19.1. The van der Waals surface area contributed by atoms with Gasteiger partial charge in [0.2, 0.25) is 5.91 Å². The summed E-state index contributed by atoms with van der Waals surface area (Å²) in [4.78, 5) is 34.5. The number of halogens is 2. The second-order valence-corrected chi connectivity index (χ2v) is 5.32. The molecule has 0 heterocycles. The van der Waals surface area contributed by atoms with Crippen LogP contribution >= 0.6 is 0 Å². The Kier molecular flexibility index (Phi) is 6.37. The van der Waals surface area contributed by atoms with Crippen LogP contribution in [-0.2, 0) is 9.59 Å². The third kappa shape index (κ3) is 5.66. The number of amides is 2. The quantitative estimate of drug-likeness (QED) is 0.741. The summed E-state index contributed by atoms with van der Waals surface area (Å²) in [7, 11) is 0. The van der Waals surface area contributed by atoms with Gasteiger partial charge < -0.3 is 15.4 Å². The number of nitrogens with one attached hydrogen (secondary N) is 2. The number of benzene rings is 2. The standard InChI is InChI=1S/C18H16F2N2O4/c1-11(23)12-2-5-14(6-3-12)26-10-18(25)21-9-17(24)22-13-4-7-15(19)16(20)8-13/h2-8H,9-10H2,1H3,(H,21,25)(H,22,24). The molecule has 0 saturated carbocycles. The first-order valence-electron chi connectivity index (χ1n) is 7.60. The van der Waals surface area contributed by atoms with Crippen LogP contribution in [0.5, 0.6) is 5.75 Å². The van der Waals surface area contributed by atoms with Crippen LogP contribution in [0.3, 0.4) is 0 Å². The SMILES string of the molecule is CC(=O)c1ccc(OCC(=O)NCC(=O)Nc2ccc(F)c(F)c2)cc1. The van der Waals surface area contributed by atoms with Crippen molar-refractivity contribution >= 4 is 23.3 Å². The molecule has 2 amide bonds. The van der Waals surface area contributed by atoms with E-state index < -0.39 is 23.4 Å². The van der Waals surface area contributed by atoms with E-state index in [1.807, 2.05) is 0 Å². The molecule has 0 aliphatic carbocycles. The maximum absolute atomic E-state index is 13.0. The smallest absolute Gasteiger partial charge is 0.258 e. The molecule has 136 valence electrons. The molecule has 26 heavy (non-hydrogen) atoms. The minimum absolute atomic E-state index is 0.0740. The van der Waals surface area contributed by atoms with Crippen LogP contribution in [-0.4, -0.2) is 30.7 Å². The van der Waals surface area contributed by atoms with Crippen LogP contribution in [0.4, 0.5) is 14.5 Å². The van der Waals surface area contributed by atoms with E-state index in [0.29, 0.717) is 11.3 Å². The fourth-order valence-electron chi connectivity index (χ4n) is 1.94. The van der Waals surface area contributed by atoms with Gasteiger partial charge in [0.15, 0.2) is 24.0 Å². The molecule has 8 heteroatoms. The lowest BCUT2D eigenvalue weighted by Crippen LogP contribution is -2.35. The highest BCUT2D eigenvalue weighted by atomic mass is 19.2. The highest BCUT2D eigenvalue weighted by Crippen LogP contribution is 2.13. The highest BCUT2D eigenvalue weighted by Gasteiger charge is 2.09. The summed E-state index contributed by atoms with van der Waals surface area (Å²) in [6.45, 7) is 0.761. The average Bonchev–Trinajstić information content (AvgIpc) is 2.61. The van der Waals surface area contributed by atoms with Crippen molar-refractivity contribution in [3.63, 3.8) is 0 Å². The normalized spacial score (nSPS) is 10.1. The molecule has 0 radical (unpaired) electrons. The summed E-state index contributed by atoms with van der Waals surface area (Å²) < 4.78 is 31.1. The zero-order valence-corrected chi connectivity index (χ0v) is 13.8. The molecule has 0 aliphatic heterocycles. The minimum Gasteiger partial charge on any atom is -0.484 e. The summed E-state index contributed by atoms with van der Waals surface area (Å²) in [6, 6.07) is 9.18. The van der Waals surface area contributed by atoms with E-state index >= 15 is 0 Å². The molecule has 2 N–H and O–H groups in total. The van der Waals surface area contributed by atoms with E-state index in [2.05, 4.69) is 10.6 Å². The number of hydrogen-bond donors (Lipinski definition) is 2. The van der Waals surface area contributed by atoms with Crippen LogP contribution in [0.1, 0.15) is 17.3 Å². The van der Waals surface area contributed by atoms with E-state index in [1.165, 1.54) is 13.0 Å². The lowest BCUT2D eigenvalue weighted by molar-refractivity contribution is -0.125. The van der Waals surface area contributed by atoms with Crippen LogP contribution in [0.2, 0.25) is 0 Å². The number of ether oxygens (including phenoxy) is 1. The Morgan fingerprint density at radius 1 is 0.962 bits per heavy atom. The molecule has 0 fully saturated rings. The number of rotatable bonds is 7. The summed E-state index contributed by atoms with van der Waals surface area (Å²) in [6.07, 6.45) is 0. The van der Waals surface area contributed by atoms with Crippen molar-refractivity contribution in [2.24, 2.45) is 0 Å². The first kappa shape index (κ1) is 19.0. The van der Waals surface area contributed by atoms with Crippen LogP contribution in [0.15, 0.2) is 42.5 Å². The Balaban J connectivity index is 1.74. The Morgan fingerprint density at radius 3 is 2.27 bits per heavy atom. The van der Waals surface area contributed by atoms with Gasteiger partial charge in [0, 0.05) is 17.3 Å². The summed E-state index contributed by atoms with van der Waals surface area (Å²) in [5, 5.41) is 4.65. The number of Topliss-reactive ketones (excluding diaryl/α,β-unsaturated/α-hetero) is 1. The molecular formula is C18H16F2N2O4. The third-order valence-electron chi connectivity index (χ3n) is 3.28. The molecule has 2 aromatic carbocycles. The van der Waals surface area contributed by atoms with Gasteiger partial charge in [-0.05, 0) is 43.3 Å². The number of ketones is 1. The molecular weight excluding hydrogens is 346 g/mol. The predicted octanol–water partition coefficient (Wildman–Crippen LogP) is 2.30. The van der Waals surface area contributed by atoms with Crippen molar-refractivity contribution in [1.82, 2.24) is 5.32 Å². The van der Waals surface area contributed by atoms with Gasteiger partial charge in [-0.15, -0.1) is 0 Å². The molecule has 0 bridgehead atoms. The van der Waals surface area contributed by atoms with Crippen molar-refractivity contribution in [2.45, 2.75) is 6.92 Å². The molecule has 0 aliphatic rings. The Hall–Kier alpha value is -3.29. The second-order valence-electron chi connectivity index (χ2n) is 5.32. The number of hydrogen-bond acceptors (Lipinski definition) is 4. The van der Waals surface area contributed by atoms with Crippen LogP contribution in [0.25, 0.3) is 0 Å². The van der Waals surface area contributed by atoms with Gasteiger partial charge in [-0.2, -0.15) is 0 Å². The topological polar surface area (TPSA) is 84.5 Å². The lowest BCUT2D eigenvalue weighted by Gasteiger charge is -2.09. The fraction of sp³-hybridized carbons (Fsp3) is 0.167. The second kappa shape index (κ2) is 8.70. The zero-order valence-electron chi connectivity index (χ0n) is 13.8. The first-order valence-corrected chi connectivity index (χ1v) is 7.60. The number of carbonyl (C=O) groups is 3. The molecule has 0 aromatic heterocycles. The van der Waals surface area contributed by atoms with Gasteiger partial charge in [0.1, 0.15) is 5.75 Å². The summed E-state index contributed by atoms with van der Waals surface area (Å²) in [5.41, 5.74) is 0.598. The maximum Gasteiger partial charge on any atom is 0.258 e. The Labute approximate surface area is 148 Å². The predicted molar refractivity (Wildman–Crippen MR) is 89.9 cm³/mol. The van der Waals surface area contributed by atoms with Gasteiger partial charge in [0.05, 0.1) is 6.54 Å². The van der Waals surface area contributed by atoms with Crippen molar-refractivity contribution in [3.8, 4) is 5.75 Å². The van der Waals surface area contributed by atoms with Gasteiger partial charge in [-0.1, -0.05) is 0 Å². The van der Waals surface area contributed by atoms with E-state index in [0.717, 1.165) is 12.1 Å². The van der Waals surface area contributed by atoms with Crippen molar-refractivity contribution in [2.75, 3.05) is 18.5 Å². The van der Waals surface area contributed by atoms with Crippen molar-refractivity contribution in [3.05, 3.63) is 59.7 Å². The van der Waals surface area contributed by atoms with Gasteiger partial charge >= 0.3 is 0 Å². The van der Waals surface area contributed by atoms with Crippen molar-refractivity contribution in [1.29, 1.82) is 0 Å². The monoisotopic (exact) mass is 362 g/mol. The minimum atomic E-state index is -1.09. The molecule has 0 atom stereocenters. The molecule has 2 rings (SSSR count). The van der Waals surface area contributed by atoms with E-state index in [-0.39, 0.29) is 24.6 Å². The van der Waals surface area contributed by atoms with E-state index in [4.69, 9.17) is 4.74 Å². The largest absolute Gasteiger partial charge is 0.484 e. The lowest BCUT2D eigenvalue weighted by atomic mass is 10.1. The Morgan fingerprint density at radius 2 is 1.65 bits per heavy atom. The highest BCUT2D eigenvalue weighted by molar-refractivity contribution is 5.95. The van der Waals surface area contributed by atoms with Gasteiger partial charge in [-0.25, -0.2) is 8.78 Å². The number of carbonyl (C=O) groups excluding carboxylic acids is 3. The summed E-state index contributed by atoms with van der Waals surface area (Å²) in [5.74, 6) is -2.94. The molecule has 0 saturated heterocycles. The molecule has 0 unspecified atom stereocenters. The fourth-order valence-corrected chi connectivity index (χ4v) is 1.94. The average molecular weight is 362 g/mol. The van der Waals surface area contributed by atoms with Gasteiger partial charge in [0.25, 0.3) is 5.91 Å². The van der Waals surface area contributed by atoms with Crippen molar-refractivity contribution < 1.29 is 27.9 Å². The third-order valence-corrected chi connectivity index (χ3v) is 3.28. The molecule has 0 spiro atoms. The van der Waals surface area contributed by atoms with Crippen LogP contribution < -0.4 is 15.4 Å². The molecule has 2 aromatic rings. The molecule has 6 nitrogen and oxygen atoms in total.